The lowest BCUT2D eigenvalue weighted by atomic mass is 9.81. The van der Waals surface area contributed by atoms with Crippen molar-refractivity contribution < 1.29 is 0 Å². The van der Waals surface area contributed by atoms with Gasteiger partial charge in [-0.05, 0) is 133 Å². The molecule has 0 saturated carbocycles. The molecule has 2 heterocycles. The first-order chi connectivity index (χ1) is 30.7. The topological polar surface area (TPSA) is 4.93 Å². The number of fused-ring (bicyclic) bond motifs is 13. The number of hydrogen-bond donors (Lipinski definition) is 0. The van der Waals surface area contributed by atoms with E-state index >= 15 is 0 Å². The number of rotatable bonds is 4. The second-order valence-electron chi connectivity index (χ2n) is 19.0. The summed E-state index contributed by atoms with van der Waals surface area (Å²) in [6.45, 7) is 9.47. The van der Waals surface area contributed by atoms with Gasteiger partial charge in [0.25, 0.3) is 0 Å². The fraction of sp³-hybridized carbons (Fsp3) is 0.131. The average Bonchev–Trinajstić information content (AvgIpc) is 3.97. The average molecular weight is 826 g/mol. The van der Waals surface area contributed by atoms with E-state index < -0.39 is 0 Å². The molecule has 63 heavy (non-hydrogen) atoms. The lowest BCUT2D eigenvalue weighted by Gasteiger charge is -2.22. The highest BCUT2D eigenvalue weighted by atomic mass is 32.2. The molecular weight excluding hydrogens is 779 g/mol. The maximum absolute atomic E-state index is 4.93. The van der Waals surface area contributed by atoms with Gasteiger partial charge in [-0.3, -0.25) is 0 Å². The Labute approximate surface area is 372 Å². The molecule has 0 N–H and O–H groups in total. The number of hydrogen-bond acceptors (Lipinski definition) is 0. The second kappa shape index (κ2) is 13.1. The van der Waals surface area contributed by atoms with Gasteiger partial charge in [0, 0.05) is 42.7 Å². The van der Waals surface area contributed by atoms with Crippen molar-refractivity contribution in [1.29, 1.82) is 0 Å². The van der Waals surface area contributed by atoms with Crippen LogP contribution in [0.5, 0.6) is 0 Å². The second-order valence-corrected chi connectivity index (χ2v) is 20.6. The highest BCUT2D eigenvalue weighted by molar-refractivity contribution is 8.15. The highest BCUT2D eigenvalue weighted by Gasteiger charge is 2.40. The standard InChI is InChI=1S/C61H47NS/c1-60(2)52-21-12-10-17-48(52)57-53(60)31-30-47-46-19-13-18-43(58(46)63(5)59(47)57)38-24-22-37(23-25-38)39-27-32-55-49(34-39)50-35-40(28-33-56(50)62(55)42-14-7-6-8-15-42)41-26-29-45-44-16-9-11-20-51(44)61(3,4)54(45)36-41/h7,9-36H,5-6,8H2,1-4H3. The Morgan fingerprint density at radius 1 is 0.444 bits per heavy atom. The van der Waals surface area contributed by atoms with E-state index in [1.807, 2.05) is 0 Å². The molecule has 13 rings (SSSR count). The molecule has 0 spiro atoms. The quantitative estimate of drug-likeness (QED) is 0.156. The van der Waals surface area contributed by atoms with Crippen LogP contribution in [0.4, 0.5) is 0 Å². The van der Waals surface area contributed by atoms with Gasteiger partial charge in [0.1, 0.15) is 0 Å². The Kier molecular flexibility index (Phi) is 7.69. The van der Waals surface area contributed by atoms with Gasteiger partial charge in [-0.15, -0.1) is 10.5 Å². The fourth-order valence-electron chi connectivity index (χ4n) is 11.7. The summed E-state index contributed by atoms with van der Waals surface area (Å²) in [4.78, 5) is 2.77. The van der Waals surface area contributed by atoms with Gasteiger partial charge in [0.05, 0.1) is 11.0 Å². The van der Waals surface area contributed by atoms with Crippen LogP contribution in [0.3, 0.4) is 0 Å². The van der Waals surface area contributed by atoms with Crippen LogP contribution in [0.1, 0.15) is 62.8 Å². The van der Waals surface area contributed by atoms with Gasteiger partial charge >= 0.3 is 0 Å². The smallest absolute Gasteiger partial charge is 0.0541 e. The van der Waals surface area contributed by atoms with Crippen LogP contribution in [0, 0.1) is 0 Å². The van der Waals surface area contributed by atoms with Crippen LogP contribution >= 0.6 is 10.5 Å². The van der Waals surface area contributed by atoms with E-state index in [0.29, 0.717) is 0 Å². The third kappa shape index (κ3) is 5.10. The Bertz CT molecular complexity index is 3570. The molecule has 0 saturated heterocycles. The molecule has 4 aliphatic rings. The van der Waals surface area contributed by atoms with E-state index in [1.165, 1.54) is 126 Å². The largest absolute Gasteiger partial charge is 0.310 e. The normalized spacial score (nSPS) is 17.0. The lowest BCUT2D eigenvalue weighted by Crippen LogP contribution is -2.14. The monoisotopic (exact) mass is 825 g/mol. The summed E-state index contributed by atoms with van der Waals surface area (Å²) < 4.78 is 2.47. The Hall–Kier alpha value is -6.74. The van der Waals surface area contributed by atoms with Crippen molar-refractivity contribution in [3.8, 4) is 66.8 Å². The lowest BCUT2D eigenvalue weighted by molar-refractivity contribution is 0.660. The zero-order valence-corrected chi connectivity index (χ0v) is 37.0. The summed E-state index contributed by atoms with van der Waals surface area (Å²) in [6.07, 6.45) is 9.15. The van der Waals surface area contributed by atoms with Crippen molar-refractivity contribution in [3.63, 3.8) is 0 Å². The fourth-order valence-corrected chi connectivity index (χ4v) is 13.7. The molecule has 1 nitrogen and oxygen atoms in total. The minimum absolute atomic E-state index is 0.0316. The summed E-state index contributed by atoms with van der Waals surface area (Å²) >= 11 is 0. The number of benzene rings is 8. The van der Waals surface area contributed by atoms with Gasteiger partial charge in [0.15, 0.2) is 0 Å². The van der Waals surface area contributed by atoms with Crippen molar-refractivity contribution in [1.82, 2.24) is 4.57 Å². The van der Waals surface area contributed by atoms with Crippen LogP contribution in [-0.2, 0) is 10.8 Å². The summed E-state index contributed by atoms with van der Waals surface area (Å²) in [5.74, 6) is 4.93. The van der Waals surface area contributed by atoms with Gasteiger partial charge < -0.3 is 4.57 Å². The highest BCUT2D eigenvalue weighted by Crippen LogP contribution is 2.62. The number of allylic oxidation sites excluding steroid dienone is 4. The van der Waals surface area contributed by atoms with Gasteiger partial charge in [0.2, 0.25) is 0 Å². The third-order valence-corrected chi connectivity index (χ3v) is 16.8. The Morgan fingerprint density at radius 3 is 1.71 bits per heavy atom. The molecular formula is C61H47NS. The van der Waals surface area contributed by atoms with Crippen molar-refractivity contribution in [3.05, 3.63) is 198 Å². The molecule has 0 bridgehead atoms. The molecule has 1 aromatic heterocycles. The summed E-state index contributed by atoms with van der Waals surface area (Å²) in [5.41, 5.74) is 25.0. The molecule has 1 atom stereocenters. The maximum atomic E-state index is 4.93. The minimum Gasteiger partial charge on any atom is -0.310 e. The van der Waals surface area contributed by atoms with Crippen molar-refractivity contribution >= 4 is 43.9 Å². The van der Waals surface area contributed by atoms with E-state index in [2.05, 4.69) is 208 Å². The van der Waals surface area contributed by atoms with Crippen molar-refractivity contribution in [2.24, 2.45) is 0 Å². The molecule has 1 unspecified atom stereocenters. The van der Waals surface area contributed by atoms with E-state index in [1.54, 1.807) is 0 Å². The number of nitrogens with zero attached hydrogens (tertiary/aromatic N) is 1. The molecule has 0 amide bonds. The molecule has 1 aliphatic heterocycles. The molecule has 8 aromatic carbocycles. The summed E-state index contributed by atoms with van der Waals surface area (Å²) in [6, 6.07) is 60.1. The van der Waals surface area contributed by atoms with E-state index in [0.717, 1.165) is 12.8 Å². The van der Waals surface area contributed by atoms with Crippen LogP contribution in [0.25, 0.3) is 94.3 Å². The zero-order valence-electron chi connectivity index (χ0n) is 36.2. The molecule has 302 valence electrons. The Balaban J connectivity index is 0.897. The summed E-state index contributed by atoms with van der Waals surface area (Å²) in [7, 11) is -0.319. The molecule has 9 aromatic rings. The first-order valence-corrected chi connectivity index (χ1v) is 23.8. The van der Waals surface area contributed by atoms with Crippen LogP contribution in [0.2, 0.25) is 0 Å². The molecule has 3 aliphatic carbocycles. The first-order valence-electron chi connectivity index (χ1n) is 22.4. The van der Waals surface area contributed by atoms with E-state index in [9.17, 15) is 0 Å². The SMILES string of the molecule is C=S1c2c(-c3ccc(-c4ccc5c(c4)c4cc(-c6ccc7c(c6)C(C)(C)c6ccccc6-7)ccc4n5C4=CCCC=C4)cc3)cccc2-c2ccc3c(c21)-c1ccccc1C3(C)C. The molecule has 0 fully saturated rings. The van der Waals surface area contributed by atoms with Gasteiger partial charge in [-0.2, -0.15) is 0 Å². The minimum atomic E-state index is -0.319. The van der Waals surface area contributed by atoms with Gasteiger partial charge in [-0.25, -0.2) is 0 Å². The van der Waals surface area contributed by atoms with Crippen LogP contribution < -0.4 is 0 Å². The van der Waals surface area contributed by atoms with Crippen LogP contribution in [0.15, 0.2) is 186 Å². The summed E-state index contributed by atoms with van der Waals surface area (Å²) in [5, 5.41) is 2.56. The number of aromatic nitrogens is 1. The van der Waals surface area contributed by atoms with E-state index in [4.69, 9.17) is 5.87 Å². The molecule has 0 radical (unpaired) electrons. The zero-order chi connectivity index (χ0) is 42.4. The van der Waals surface area contributed by atoms with Crippen molar-refractivity contribution in [2.75, 3.05) is 0 Å². The molecule has 2 heteroatoms. The van der Waals surface area contributed by atoms with Crippen LogP contribution in [-0.4, -0.2) is 10.4 Å². The first kappa shape index (κ1) is 36.9. The van der Waals surface area contributed by atoms with Gasteiger partial charge in [-0.1, -0.05) is 173 Å². The van der Waals surface area contributed by atoms with Crippen molar-refractivity contribution in [2.45, 2.75) is 61.2 Å². The maximum Gasteiger partial charge on any atom is 0.0541 e. The predicted molar refractivity (Wildman–Crippen MR) is 270 cm³/mol. The third-order valence-electron chi connectivity index (χ3n) is 14.9. The predicted octanol–water partition coefficient (Wildman–Crippen LogP) is 16.7. The van der Waals surface area contributed by atoms with E-state index in [-0.39, 0.29) is 21.3 Å². The Morgan fingerprint density at radius 2 is 0.984 bits per heavy atom.